The van der Waals surface area contributed by atoms with Crippen LogP contribution in [0.15, 0.2) is 42.5 Å². The second-order valence-corrected chi connectivity index (χ2v) is 8.64. The zero-order valence-corrected chi connectivity index (χ0v) is 17.8. The monoisotopic (exact) mass is 446 g/mol. The van der Waals surface area contributed by atoms with Crippen molar-refractivity contribution in [2.75, 3.05) is 0 Å². The quantitative estimate of drug-likeness (QED) is 0.268. The van der Waals surface area contributed by atoms with Crippen LogP contribution in [-0.4, -0.2) is 39.8 Å². The van der Waals surface area contributed by atoms with Gasteiger partial charge < -0.3 is 26.2 Å². The van der Waals surface area contributed by atoms with Crippen molar-refractivity contribution in [1.82, 2.24) is 5.32 Å². The molecule has 0 bridgehead atoms. The first-order valence-corrected chi connectivity index (χ1v) is 10.8. The Balaban J connectivity index is 1.50. The van der Waals surface area contributed by atoms with Crippen LogP contribution in [0, 0.1) is 17.6 Å². The number of rotatable bonds is 11. The predicted octanol–water partition coefficient (Wildman–Crippen LogP) is 2.93. The average molecular weight is 446 g/mol. The molecule has 1 aliphatic carbocycles. The third-order valence-electron chi connectivity index (χ3n) is 6.35. The Bertz CT molecular complexity index is 923. The topological polar surface area (TPSA) is 116 Å². The fraction of sp³-hybridized carbons (Fsp3) is 0.435. The number of benzene rings is 2. The number of halogens is 2. The molecule has 0 saturated heterocycles. The highest BCUT2D eigenvalue weighted by molar-refractivity contribution is 6.40. The fourth-order valence-electron chi connectivity index (χ4n) is 4.23. The Labute approximate surface area is 186 Å². The van der Waals surface area contributed by atoms with Crippen molar-refractivity contribution >= 4 is 13.1 Å². The third-order valence-corrected chi connectivity index (χ3v) is 6.35. The van der Waals surface area contributed by atoms with Crippen molar-refractivity contribution in [3.05, 3.63) is 59.7 Å². The first-order chi connectivity index (χ1) is 15.2. The third kappa shape index (κ3) is 5.92. The molecule has 0 spiro atoms. The Morgan fingerprint density at radius 3 is 2.41 bits per heavy atom. The highest BCUT2D eigenvalue weighted by Gasteiger charge is 2.48. The summed E-state index contributed by atoms with van der Waals surface area (Å²) in [6.45, 7) is 0.442. The molecule has 1 aliphatic rings. The molecule has 0 aliphatic heterocycles. The summed E-state index contributed by atoms with van der Waals surface area (Å²) in [6, 6.07) is 10.7. The molecule has 1 unspecified atom stereocenters. The lowest BCUT2D eigenvalue weighted by atomic mass is 9.66. The Morgan fingerprint density at radius 1 is 1.12 bits per heavy atom. The van der Waals surface area contributed by atoms with Crippen molar-refractivity contribution in [3.63, 3.8) is 0 Å². The molecular formula is C23H29BF2N2O4. The van der Waals surface area contributed by atoms with Crippen LogP contribution in [0.2, 0.25) is 6.32 Å². The van der Waals surface area contributed by atoms with Gasteiger partial charge in [0, 0.05) is 18.2 Å². The molecule has 2 aromatic rings. The van der Waals surface area contributed by atoms with Gasteiger partial charge in [0.2, 0.25) is 0 Å². The number of nitrogens with two attached hydrogens (primary N) is 1. The molecule has 6 nitrogen and oxygen atoms in total. The minimum atomic E-state index is -1.39. The first kappa shape index (κ1) is 24.3. The van der Waals surface area contributed by atoms with Crippen molar-refractivity contribution in [1.29, 1.82) is 0 Å². The molecule has 0 amide bonds. The maximum atomic E-state index is 14.5. The number of carboxylic acids is 1. The zero-order chi connectivity index (χ0) is 23.3. The summed E-state index contributed by atoms with van der Waals surface area (Å²) in [5, 5.41) is 30.8. The molecule has 6 N–H and O–H groups in total. The van der Waals surface area contributed by atoms with Crippen LogP contribution < -0.4 is 11.1 Å². The van der Waals surface area contributed by atoms with Gasteiger partial charge in [-0.15, -0.1) is 0 Å². The summed E-state index contributed by atoms with van der Waals surface area (Å²) in [4.78, 5) is 11.8. The predicted molar refractivity (Wildman–Crippen MR) is 119 cm³/mol. The summed E-state index contributed by atoms with van der Waals surface area (Å²) in [5.41, 5.74) is 6.64. The lowest BCUT2D eigenvalue weighted by Crippen LogP contribution is -2.61. The molecule has 1 atom stereocenters. The van der Waals surface area contributed by atoms with Crippen LogP contribution >= 0.6 is 0 Å². The summed E-state index contributed by atoms with van der Waals surface area (Å²) in [7, 11) is -1.39. The molecule has 3 rings (SSSR count). The van der Waals surface area contributed by atoms with Gasteiger partial charge in [-0.25, -0.2) is 8.78 Å². The van der Waals surface area contributed by atoms with Crippen molar-refractivity contribution in [2.45, 2.75) is 56.5 Å². The molecule has 2 aromatic carbocycles. The van der Waals surface area contributed by atoms with Gasteiger partial charge in [-0.3, -0.25) is 4.79 Å². The molecule has 172 valence electrons. The van der Waals surface area contributed by atoms with E-state index in [2.05, 4.69) is 5.32 Å². The van der Waals surface area contributed by atoms with E-state index in [0.717, 1.165) is 5.56 Å². The maximum Gasteiger partial charge on any atom is 0.451 e. The average Bonchev–Trinajstić information content (AvgIpc) is 2.70. The van der Waals surface area contributed by atoms with E-state index in [0.29, 0.717) is 43.4 Å². The van der Waals surface area contributed by atoms with Crippen LogP contribution in [0.25, 0.3) is 11.1 Å². The molecule has 32 heavy (non-hydrogen) atoms. The van der Waals surface area contributed by atoms with Gasteiger partial charge in [0.05, 0.1) is 0 Å². The van der Waals surface area contributed by atoms with Crippen molar-refractivity contribution < 1.29 is 28.7 Å². The normalized spacial score (nSPS) is 19.8. The SMILES string of the molecule is NC(CCCCB(O)O)(C(=O)O)[C@H]1C[C@@H](NCc2ccc(-c3ccc(F)cc3)c(F)c2)C1. The molecule has 1 saturated carbocycles. The van der Waals surface area contributed by atoms with Gasteiger partial charge in [-0.2, -0.15) is 0 Å². The van der Waals surface area contributed by atoms with Gasteiger partial charge in [0.15, 0.2) is 0 Å². The number of carbonyl (C=O) groups is 1. The van der Waals surface area contributed by atoms with E-state index in [1.54, 1.807) is 6.07 Å². The van der Waals surface area contributed by atoms with Crippen LogP contribution in [0.3, 0.4) is 0 Å². The highest BCUT2D eigenvalue weighted by atomic mass is 19.1. The second-order valence-electron chi connectivity index (χ2n) is 8.64. The van der Waals surface area contributed by atoms with Gasteiger partial charge in [-0.05, 0) is 60.8 Å². The zero-order valence-electron chi connectivity index (χ0n) is 17.8. The largest absolute Gasteiger partial charge is 0.480 e. The van der Waals surface area contributed by atoms with E-state index in [-0.39, 0.29) is 36.3 Å². The number of nitrogens with one attached hydrogen (secondary N) is 1. The van der Waals surface area contributed by atoms with Crippen molar-refractivity contribution in [2.24, 2.45) is 11.7 Å². The van der Waals surface area contributed by atoms with Gasteiger partial charge in [0.1, 0.15) is 17.2 Å². The summed E-state index contributed by atoms with van der Waals surface area (Å²) in [5.74, 6) is -1.97. The van der Waals surface area contributed by atoms with Crippen LogP contribution in [-0.2, 0) is 11.3 Å². The first-order valence-electron chi connectivity index (χ1n) is 10.8. The maximum absolute atomic E-state index is 14.5. The number of unbranched alkanes of at least 4 members (excludes halogenated alkanes) is 1. The van der Waals surface area contributed by atoms with E-state index < -0.39 is 18.6 Å². The van der Waals surface area contributed by atoms with Crippen molar-refractivity contribution in [3.8, 4) is 11.1 Å². The summed E-state index contributed by atoms with van der Waals surface area (Å²) >= 11 is 0. The minimum Gasteiger partial charge on any atom is -0.480 e. The Kier molecular flexibility index (Phi) is 8.00. The number of aliphatic carboxylic acids is 1. The summed E-state index contributed by atoms with van der Waals surface area (Å²) < 4.78 is 27.6. The fourth-order valence-corrected chi connectivity index (χ4v) is 4.23. The van der Waals surface area contributed by atoms with Gasteiger partial charge in [0.25, 0.3) is 0 Å². The Morgan fingerprint density at radius 2 is 1.81 bits per heavy atom. The smallest absolute Gasteiger partial charge is 0.451 e. The number of hydrogen-bond acceptors (Lipinski definition) is 5. The molecule has 0 radical (unpaired) electrons. The van der Waals surface area contributed by atoms with Gasteiger partial charge >= 0.3 is 13.1 Å². The van der Waals surface area contributed by atoms with Crippen LogP contribution in [0.1, 0.15) is 37.7 Å². The molecule has 0 heterocycles. The number of hydrogen-bond donors (Lipinski definition) is 5. The van der Waals surface area contributed by atoms with E-state index in [4.69, 9.17) is 15.8 Å². The van der Waals surface area contributed by atoms with Crippen LogP contribution in [0.4, 0.5) is 8.78 Å². The van der Waals surface area contributed by atoms with E-state index in [9.17, 15) is 18.7 Å². The number of carboxylic acid groups (broad SMARTS) is 1. The Hall–Kier alpha value is -2.33. The van der Waals surface area contributed by atoms with E-state index in [1.807, 2.05) is 6.07 Å². The summed E-state index contributed by atoms with van der Waals surface area (Å²) in [6.07, 6.45) is 2.71. The molecule has 0 aromatic heterocycles. The standard InChI is InChI=1S/C23H29BF2N2O4/c25-18-6-4-16(5-7-18)20-8-3-15(11-21(20)26)14-28-19-12-17(13-19)23(27,22(29)30)9-1-2-10-24(31)32/h3-8,11,17,19,28,31-32H,1-2,9-10,12-14,27H2,(H,29,30)/t17-,19+,23?. The molecule has 1 fully saturated rings. The van der Waals surface area contributed by atoms with Gasteiger partial charge in [-0.1, -0.05) is 37.1 Å². The highest BCUT2D eigenvalue weighted by Crippen LogP contribution is 2.38. The van der Waals surface area contributed by atoms with Crippen LogP contribution in [0.5, 0.6) is 0 Å². The van der Waals surface area contributed by atoms with E-state index >= 15 is 0 Å². The lowest BCUT2D eigenvalue weighted by Gasteiger charge is -2.45. The second kappa shape index (κ2) is 10.5. The molecular weight excluding hydrogens is 417 g/mol. The van der Waals surface area contributed by atoms with E-state index in [1.165, 1.54) is 30.3 Å². The lowest BCUT2D eigenvalue weighted by molar-refractivity contribution is -0.148. The molecule has 9 heteroatoms. The minimum absolute atomic E-state index is 0.0985.